The predicted octanol–water partition coefficient (Wildman–Crippen LogP) is 7.04. The highest BCUT2D eigenvalue weighted by Crippen LogP contribution is 2.42. The molecule has 3 aromatic carbocycles. The molecule has 1 unspecified atom stereocenters. The number of hydrogen-bond acceptors (Lipinski definition) is 10. The van der Waals surface area contributed by atoms with Crippen LogP contribution in [0.1, 0.15) is 45.6 Å². The van der Waals surface area contributed by atoms with Gasteiger partial charge in [0.2, 0.25) is 0 Å². The monoisotopic (exact) mass is 715 g/mol. The Labute approximate surface area is 299 Å². The van der Waals surface area contributed by atoms with E-state index in [2.05, 4.69) is 14.6 Å². The number of rotatable bonds is 7. The minimum Gasteiger partial charge on any atom is -0.453 e. The minimum absolute atomic E-state index is 0.0541. The average Bonchev–Trinajstić information content (AvgIpc) is 3.52. The summed E-state index contributed by atoms with van der Waals surface area (Å²) in [6, 6.07) is 17.0. The van der Waals surface area contributed by atoms with Crippen LogP contribution in [-0.2, 0) is 4.74 Å². The van der Waals surface area contributed by atoms with E-state index in [1.165, 1.54) is 29.1 Å². The molecule has 4 heterocycles. The molecule has 3 saturated heterocycles. The molecule has 11 nitrogen and oxygen atoms in total. The molecule has 1 atom stereocenters. The van der Waals surface area contributed by atoms with E-state index in [0.29, 0.717) is 29.9 Å². The van der Waals surface area contributed by atoms with Gasteiger partial charge in [0, 0.05) is 62.5 Å². The van der Waals surface area contributed by atoms with Crippen LogP contribution in [0.3, 0.4) is 0 Å². The number of nitrogens with zero attached hydrogens (tertiary/aromatic N) is 6. The molecule has 3 aliphatic rings. The lowest BCUT2D eigenvalue weighted by Gasteiger charge is -2.54. The number of piperidine rings is 1. The SMILES string of the molecule is CC(C)(C)OC(=O)N1CC2(CCN(c3ccc(-n4cnc5ccc(Oc6c(F)ccc(NSN7CCC(F)C7)c6C#N)cc5c4=O)cc3)CC2)C1. The Bertz CT molecular complexity index is 2050. The number of amides is 1. The number of hydrogen-bond donors (Lipinski definition) is 1. The number of alkyl halides is 1. The van der Waals surface area contributed by atoms with Gasteiger partial charge in [-0.1, -0.05) is 0 Å². The van der Waals surface area contributed by atoms with Gasteiger partial charge in [0.1, 0.15) is 35.5 Å². The Hall–Kier alpha value is -4.87. The molecule has 1 spiro atoms. The molecule has 1 aromatic heterocycles. The molecule has 7 rings (SSSR count). The Morgan fingerprint density at radius 2 is 1.78 bits per heavy atom. The number of halogens is 2. The van der Waals surface area contributed by atoms with Crippen LogP contribution in [0.15, 0.2) is 65.7 Å². The largest absolute Gasteiger partial charge is 0.453 e. The fourth-order valence-electron chi connectivity index (χ4n) is 6.80. The third-order valence-electron chi connectivity index (χ3n) is 9.57. The molecule has 4 aromatic rings. The highest BCUT2D eigenvalue weighted by molar-refractivity contribution is 7.98. The first-order valence-corrected chi connectivity index (χ1v) is 17.7. The second kappa shape index (κ2) is 13.7. The summed E-state index contributed by atoms with van der Waals surface area (Å²) in [7, 11) is 0. The van der Waals surface area contributed by atoms with Gasteiger partial charge < -0.3 is 24.0 Å². The van der Waals surface area contributed by atoms with Gasteiger partial charge in [-0.3, -0.25) is 9.36 Å². The van der Waals surface area contributed by atoms with Crippen LogP contribution in [0.25, 0.3) is 16.6 Å². The zero-order chi connectivity index (χ0) is 35.9. The summed E-state index contributed by atoms with van der Waals surface area (Å²) in [6.07, 6.45) is 2.71. The van der Waals surface area contributed by atoms with Gasteiger partial charge in [0.05, 0.1) is 22.3 Å². The van der Waals surface area contributed by atoms with Crippen molar-refractivity contribution in [2.45, 2.75) is 51.8 Å². The van der Waals surface area contributed by atoms with E-state index in [1.54, 1.807) is 21.3 Å². The van der Waals surface area contributed by atoms with Crippen molar-refractivity contribution in [3.05, 3.63) is 82.7 Å². The molecule has 1 amide bonds. The lowest BCUT2D eigenvalue weighted by molar-refractivity contribution is -0.0434. The summed E-state index contributed by atoms with van der Waals surface area (Å²) in [4.78, 5) is 34.7. The molecular weight excluding hydrogens is 677 g/mol. The van der Waals surface area contributed by atoms with E-state index in [0.717, 1.165) is 56.8 Å². The number of anilines is 2. The molecule has 51 heavy (non-hydrogen) atoms. The topological polar surface area (TPSA) is 116 Å². The van der Waals surface area contributed by atoms with Crippen molar-refractivity contribution >= 4 is 40.5 Å². The van der Waals surface area contributed by atoms with Gasteiger partial charge in [-0.05, 0) is 94.6 Å². The third kappa shape index (κ3) is 7.31. The number of ether oxygens (including phenoxy) is 2. The molecule has 3 aliphatic heterocycles. The Morgan fingerprint density at radius 1 is 1.06 bits per heavy atom. The molecule has 0 radical (unpaired) electrons. The third-order valence-corrected chi connectivity index (χ3v) is 10.5. The zero-order valence-electron chi connectivity index (χ0n) is 28.7. The first kappa shape index (κ1) is 34.6. The summed E-state index contributed by atoms with van der Waals surface area (Å²) in [5.74, 6) is -0.860. The van der Waals surface area contributed by atoms with Crippen LogP contribution in [-0.4, -0.2) is 75.9 Å². The van der Waals surface area contributed by atoms with Crippen LogP contribution in [0.4, 0.5) is 25.0 Å². The van der Waals surface area contributed by atoms with Crippen molar-refractivity contribution in [3.63, 3.8) is 0 Å². The number of likely N-dealkylation sites (tertiary alicyclic amines) is 1. The molecule has 0 aliphatic carbocycles. The smallest absolute Gasteiger partial charge is 0.410 e. The summed E-state index contributed by atoms with van der Waals surface area (Å²) in [5, 5.41) is 10.2. The van der Waals surface area contributed by atoms with Crippen LogP contribution < -0.4 is 19.9 Å². The van der Waals surface area contributed by atoms with Gasteiger partial charge in [-0.25, -0.2) is 22.9 Å². The standard InChI is InChI=1S/C37H39F2N7O4S/c1-36(2,3)50-35(48)44-21-37(22-44)13-16-43(17-14-37)25-4-6-26(7-5-25)46-23-41-31-10-8-27(18-28(31)34(46)47)49-33-29(19-40)32(11-9-30(33)39)42-51-45-15-12-24(38)20-45/h4-11,18,23-24,42H,12-17,20-22H2,1-3H3. The highest BCUT2D eigenvalue weighted by atomic mass is 32.2. The number of carbonyl (C=O) groups is 1. The quantitative estimate of drug-likeness (QED) is 0.200. The van der Waals surface area contributed by atoms with Crippen molar-refractivity contribution in [1.82, 2.24) is 18.8 Å². The van der Waals surface area contributed by atoms with E-state index in [1.807, 2.05) is 51.1 Å². The zero-order valence-corrected chi connectivity index (χ0v) is 29.5. The Morgan fingerprint density at radius 3 is 2.45 bits per heavy atom. The highest BCUT2D eigenvalue weighted by Gasteiger charge is 2.47. The summed E-state index contributed by atoms with van der Waals surface area (Å²) >= 11 is 1.15. The first-order chi connectivity index (χ1) is 24.4. The summed E-state index contributed by atoms with van der Waals surface area (Å²) in [6.45, 7) is 9.61. The Balaban J connectivity index is 1.03. The minimum atomic E-state index is -0.907. The maximum atomic E-state index is 15.0. The van der Waals surface area contributed by atoms with Gasteiger partial charge in [-0.15, -0.1) is 0 Å². The number of carbonyl (C=O) groups excluding carboxylic acids is 1. The van der Waals surface area contributed by atoms with Gasteiger partial charge in [0.25, 0.3) is 5.56 Å². The van der Waals surface area contributed by atoms with Gasteiger partial charge >= 0.3 is 6.09 Å². The van der Waals surface area contributed by atoms with Crippen LogP contribution >= 0.6 is 12.1 Å². The lowest BCUT2D eigenvalue weighted by atomic mass is 9.72. The van der Waals surface area contributed by atoms with E-state index in [-0.39, 0.29) is 46.1 Å². The molecule has 0 bridgehead atoms. The number of benzene rings is 3. The number of nitrogens with one attached hydrogen (secondary N) is 1. The second-order valence-corrected chi connectivity index (χ2v) is 15.3. The van der Waals surface area contributed by atoms with Crippen molar-refractivity contribution < 1.29 is 23.0 Å². The van der Waals surface area contributed by atoms with Crippen LogP contribution in [0, 0.1) is 22.6 Å². The number of nitriles is 1. The van der Waals surface area contributed by atoms with Crippen molar-refractivity contribution in [1.29, 1.82) is 5.26 Å². The van der Waals surface area contributed by atoms with Crippen molar-refractivity contribution in [2.24, 2.45) is 5.41 Å². The molecule has 266 valence electrons. The molecule has 0 saturated carbocycles. The normalized spacial score (nSPS) is 18.8. The fraction of sp³-hybridized carbons (Fsp3) is 0.405. The maximum absolute atomic E-state index is 15.0. The lowest BCUT2D eigenvalue weighted by Crippen LogP contribution is -2.62. The summed E-state index contributed by atoms with van der Waals surface area (Å²) < 4.78 is 46.3. The predicted molar refractivity (Wildman–Crippen MR) is 193 cm³/mol. The van der Waals surface area contributed by atoms with Gasteiger partial charge in [0.15, 0.2) is 11.6 Å². The van der Waals surface area contributed by atoms with Crippen LogP contribution in [0.2, 0.25) is 0 Å². The fourth-order valence-corrected chi connectivity index (χ4v) is 7.63. The number of aromatic nitrogens is 2. The maximum Gasteiger partial charge on any atom is 0.410 e. The molecule has 3 fully saturated rings. The number of fused-ring (bicyclic) bond motifs is 1. The van der Waals surface area contributed by atoms with Gasteiger partial charge in [-0.2, -0.15) is 5.26 Å². The van der Waals surface area contributed by atoms with E-state index in [4.69, 9.17) is 9.47 Å². The van der Waals surface area contributed by atoms with Crippen molar-refractivity contribution in [3.8, 4) is 23.3 Å². The Kier molecular flexibility index (Phi) is 9.28. The van der Waals surface area contributed by atoms with Crippen LogP contribution in [0.5, 0.6) is 11.5 Å². The average molecular weight is 716 g/mol. The molecule has 14 heteroatoms. The van der Waals surface area contributed by atoms with E-state index in [9.17, 15) is 19.2 Å². The van der Waals surface area contributed by atoms with Crippen molar-refractivity contribution in [2.75, 3.05) is 48.9 Å². The second-order valence-electron chi connectivity index (χ2n) is 14.4. The molecular formula is C37H39F2N7O4S. The van der Waals surface area contributed by atoms with E-state index >= 15 is 4.39 Å². The van der Waals surface area contributed by atoms with E-state index < -0.39 is 17.6 Å². The first-order valence-electron chi connectivity index (χ1n) is 17.0. The molecule has 1 N–H and O–H groups in total. The summed E-state index contributed by atoms with van der Waals surface area (Å²) in [5.41, 5.74) is 1.69.